The highest BCUT2D eigenvalue weighted by atomic mass is 19.1. The highest BCUT2D eigenvalue weighted by molar-refractivity contribution is 6.24. The van der Waals surface area contributed by atoms with Crippen LogP contribution in [0.1, 0.15) is 37.0 Å². The Morgan fingerprint density at radius 1 is 1.15 bits per heavy atom. The number of nitrogens with zero attached hydrogens (tertiary/aromatic N) is 1. The van der Waals surface area contributed by atoms with Crippen LogP contribution in [0, 0.1) is 23.6 Å². The Balaban J connectivity index is 1.71. The lowest BCUT2D eigenvalue weighted by atomic mass is 9.57. The Bertz CT molecular complexity index is 1570. The minimum Gasteiger partial charge on any atom is -0.508 e. The van der Waals surface area contributed by atoms with Gasteiger partial charge in [0.2, 0.25) is 5.78 Å². The van der Waals surface area contributed by atoms with E-state index in [1.165, 1.54) is 17.0 Å². The van der Waals surface area contributed by atoms with E-state index in [1.807, 2.05) is 13.8 Å². The lowest BCUT2D eigenvalue weighted by molar-refractivity contribution is -0.153. The van der Waals surface area contributed by atoms with Gasteiger partial charge in [-0.2, -0.15) is 0 Å². The molecule has 0 saturated heterocycles. The van der Waals surface area contributed by atoms with Crippen LogP contribution in [-0.2, 0) is 27.2 Å². The van der Waals surface area contributed by atoms with Crippen LogP contribution in [0.4, 0.5) is 4.39 Å². The van der Waals surface area contributed by atoms with Gasteiger partial charge >= 0.3 is 0 Å². The van der Waals surface area contributed by atoms with Gasteiger partial charge in [-0.1, -0.05) is 26.0 Å². The first kappa shape index (κ1) is 28.5. The van der Waals surface area contributed by atoms with Crippen molar-refractivity contribution in [3.63, 3.8) is 0 Å². The number of nitrogens with two attached hydrogens (primary N) is 1. The lowest BCUT2D eigenvalue weighted by Gasteiger charge is -2.50. The van der Waals surface area contributed by atoms with Crippen molar-refractivity contribution in [1.82, 2.24) is 4.90 Å². The average Bonchev–Trinajstić information content (AvgIpc) is 2.87. The average molecular weight is 565 g/mol. The summed E-state index contributed by atoms with van der Waals surface area (Å²) in [5.74, 6) is -7.15. The number of aromatic hydroxyl groups is 1. The summed E-state index contributed by atoms with van der Waals surface area (Å²) in [5.41, 5.74) is 3.93. The van der Waals surface area contributed by atoms with E-state index in [0.29, 0.717) is 28.7 Å². The fourth-order valence-corrected chi connectivity index (χ4v) is 6.85. The third-order valence-corrected chi connectivity index (χ3v) is 8.59. The number of likely N-dealkylation sites (N-methyl/N-ethyl adjacent to an activating group) is 1. The predicted molar refractivity (Wildman–Crippen MR) is 148 cm³/mol. The molecule has 4 atom stereocenters. The van der Waals surface area contributed by atoms with Gasteiger partial charge in [-0.05, 0) is 85.6 Å². The molecular formula is C31H33FN2O7. The lowest BCUT2D eigenvalue weighted by Crippen LogP contribution is -2.65. The molecular weight excluding hydrogens is 531 g/mol. The molecule has 2 aromatic rings. The minimum absolute atomic E-state index is 0.00600. The topological polar surface area (TPSA) is 161 Å². The number of halogens is 1. The van der Waals surface area contributed by atoms with Crippen LogP contribution in [0.15, 0.2) is 47.2 Å². The zero-order valence-electron chi connectivity index (χ0n) is 23.2. The van der Waals surface area contributed by atoms with Crippen molar-refractivity contribution >= 4 is 23.2 Å². The van der Waals surface area contributed by atoms with Gasteiger partial charge in [-0.15, -0.1) is 0 Å². The number of hydrogen-bond acceptors (Lipinski definition) is 8. The number of hydrogen-bond donors (Lipinski definition) is 5. The van der Waals surface area contributed by atoms with Crippen LogP contribution in [0.3, 0.4) is 0 Å². The van der Waals surface area contributed by atoms with E-state index in [4.69, 9.17) is 5.73 Å². The van der Waals surface area contributed by atoms with E-state index in [0.717, 1.165) is 0 Å². The summed E-state index contributed by atoms with van der Waals surface area (Å²) < 4.78 is 14.6. The summed E-state index contributed by atoms with van der Waals surface area (Å²) in [6.07, 6.45) is 0.648. The van der Waals surface area contributed by atoms with Crippen molar-refractivity contribution < 1.29 is 39.2 Å². The number of aliphatic hydroxyl groups is 3. The third kappa shape index (κ3) is 4.16. The van der Waals surface area contributed by atoms with Crippen molar-refractivity contribution in [2.24, 2.45) is 23.5 Å². The van der Waals surface area contributed by atoms with Gasteiger partial charge in [0.1, 0.15) is 28.7 Å². The molecule has 0 heterocycles. The van der Waals surface area contributed by atoms with Crippen LogP contribution in [0.2, 0.25) is 0 Å². The molecule has 216 valence electrons. The van der Waals surface area contributed by atoms with Crippen LogP contribution in [0.25, 0.3) is 16.9 Å². The van der Waals surface area contributed by atoms with Crippen LogP contribution < -0.4 is 5.73 Å². The van der Waals surface area contributed by atoms with Crippen molar-refractivity contribution in [3.8, 4) is 16.9 Å². The number of ketones is 2. The van der Waals surface area contributed by atoms with Crippen molar-refractivity contribution in [1.29, 1.82) is 0 Å². The highest BCUT2D eigenvalue weighted by Gasteiger charge is 2.64. The Morgan fingerprint density at radius 2 is 1.83 bits per heavy atom. The molecule has 0 unspecified atom stereocenters. The smallest absolute Gasteiger partial charge is 0.255 e. The van der Waals surface area contributed by atoms with E-state index in [9.17, 15) is 39.2 Å². The Hall–Kier alpha value is -4.02. The fourth-order valence-electron chi connectivity index (χ4n) is 6.85. The van der Waals surface area contributed by atoms with Crippen molar-refractivity contribution in [2.75, 3.05) is 14.1 Å². The summed E-state index contributed by atoms with van der Waals surface area (Å²) in [6.45, 7) is 3.97. The van der Waals surface area contributed by atoms with E-state index in [-0.39, 0.29) is 41.5 Å². The van der Waals surface area contributed by atoms with Crippen LogP contribution >= 0.6 is 0 Å². The van der Waals surface area contributed by atoms with E-state index < -0.39 is 58.0 Å². The number of benzene rings is 2. The second kappa shape index (κ2) is 9.81. The molecule has 1 fully saturated rings. The summed E-state index contributed by atoms with van der Waals surface area (Å²) in [4.78, 5) is 40.8. The number of aliphatic hydroxyl groups excluding tert-OH is 2. The number of amides is 1. The number of Topliss-reactive ketones (excluding diaryl/α,β-unsaturated/α-hetero) is 2. The second-order valence-electron chi connectivity index (χ2n) is 11.9. The number of primary amides is 1. The number of fused-ring (bicyclic) bond motifs is 3. The van der Waals surface area contributed by atoms with Crippen molar-refractivity contribution in [2.45, 2.75) is 44.8 Å². The number of phenolic OH excluding ortho intramolecular Hbond substituents is 1. The maximum absolute atomic E-state index is 14.6. The SMILES string of the molecule is CC(C)Cc1cc(-c2ccc(O)c3c2C[C@@H]2C[C@@H]4[C@@H](N(C)C)C(=O)C(C(N)=O)=C(O)[C@]4(O)C(=O)C2=C3O)ccc1F. The normalized spacial score (nSPS) is 25.9. The molecule has 5 rings (SSSR count). The largest absolute Gasteiger partial charge is 0.508 e. The standard InChI is InChI=1S/C31H33FN2O7/c1-13(2)9-15-10-14(5-7-20(15)32)17-6-8-21(35)23-18(17)11-16-12-19-25(34(3)4)27(37)24(30(33)40)29(39)31(19,41)28(38)22(16)26(23)36/h5-8,10,13,16,19,25,35-36,39,41H,9,11-12H2,1-4H3,(H2,33,40)/t16-,19-,25-,31-/m1/s1. The maximum Gasteiger partial charge on any atom is 0.255 e. The third-order valence-electron chi connectivity index (χ3n) is 8.59. The summed E-state index contributed by atoms with van der Waals surface area (Å²) in [7, 11) is 3.10. The molecule has 1 saturated carbocycles. The van der Waals surface area contributed by atoms with Gasteiger partial charge in [0.05, 0.1) is 11.6 Å². The fraction of sp³-hybridized carbons (Fsp3) is 0.387. The molecule has 0 radical (unpaired) electrons. The maximum atomic E-state index is 14.6. The molecule has 10 heteroatoms. The first-order chi connectivity index (χ1) is 19.2. The highest BCUT2D eigenvalue weighted by Crippen LogP contribution is 2.53. The monoisotopic (exact) mass is 564 g/mol. The van der Waals surface area contributed by atoms with Gasteiger partial charge in [0, 0.05) is 11.5 Å². The zero-order valence-corrected chi connectivity index (χ0v) is 23.2. The number of rotatable bonds is 5. The van der Waals surface area contributed by atoms with E-state index >= 15 is 0 Å². The number of carbonyl (C=O) groups is 3. The van der Waals surface area contributed by atoms with Gasteiger partial charge in [0.25, 0.3) is 5.91 Å². The molecule has 3 aliphatic rings. The van der Waals surface area contributed by atoms with E-state index in [1.54, 1.807) is 32.3 Å². The number of phenols is 1. The predicted octanol–water partition coefficient (Wildman–Crippen LogP) is 2.97. The van der Waals surface area contributed by atoms with E-state index in [2.05, 4.69) is 0 Å². The number of carbonyl (C=O) groups excluding carboxylic acids is 3. The Morgan fingerprint density at radius 3 is 2.44 bits per heavy atom. The summed E-state index contributed by atoms with van der Waals surface area (Å²) in [5, 5.41) is 44.9. The molecule has 0 aliphatic heterocycles. The van der Waals surface area contributed by atoms with Crippen LogP contribution in [0.5, 0.6) is 5.75 Å². The summed E-state index contributed by atoms with van der Waals surface area (Å²) in [6, 6.07) is 6.60. The summed E-state index contributed by atoms with van der Waals surface area (Å²) >= 11 is 0. The van der Waals surface area contributed by atoms with Gasteiger partial charge in [0.15, 0.2) is 11.4 Å². The Labute approximate surface area is 236 Å². The molecule has 1 amide bonds. The molecule has 6 N–H and O–H groups in total. The quantitative estimate of drug-likeness (QED) is 0.346. The molecule has 3 aliphatic carbocycles. The Kier molecular flexibility index (Phi) is 6.82. The van der Waals surface area contributed by atoms with Gasteiger partial charge in [-0.3, -0.25) is 19.3 Å². The zero-order chi connectivity index (χ0) is 30.1. The molecule has 2 aromatic carbocycles. The minimum atomic E-state index is -2.69. The second-order valence-corrected chi connectivity index (χ2v) is 11.9. The van der Waals surface area contributed by atoms with Gasteiger partial charge < -0.3 is 26.2 Å². The molecule has 9 nitrogen and oxygen atoms in total. The first-order valence-electron chi connectivity index (χ1n) is 13.5. The molecule has 0 bridgehead atoms. The van der Waals surface area contributed by atoms with Gasteiger partial charge in [-0.25, -0.2) is 4.39 Å². The molecule has 0 spiro atoms. The van der Waals surface area contributed by atoms with Crippen molar-refractivity contribution in [3.05, 3.63) is 69.7 Å². The first-order valence-corrected chi connectivity index (χ1v) is 13.5. The molecule has 41 heavy (non-hydrogen) atoms. The van der Waals surface area contributed by atoms with Crippen LogP contribution in [-0.4, -0.2) is 68.5 Å². The molecule has 0 aromatic heterocycles.